The predicted molar refractivity (Wildman–Crippen MR) is 109 cm³/mol. The first kappa shape index (κ1) is 20.1. The molecule has 3 rings (SSSR count). The molecule has 0 spiro atoms. The van der Waals surface area contributed by atoms with Crippen molar-refractivity contribution in [3.05, 3.63) is 77.5 Å². The van der Waals surface area contributed by atoms with E-state index in [4.69, 9.17) is 14.2 Å². The Bertz CT molecular complexity index is 1030. The Kier molecular flexibility index (Phi) is 6.24. The van der Waals surface area contributed by atoms with Crippen molar-refractivity contribution in [2.75, 3.05) is 20.8 Å². The van der Waals surface area contributed by atoms with E-state index >= 15 is 0 Å². The number of ether oxygens (including phenoxy) is 3. The smallest absolute Gasteiger partial charge is 0.340 e. The maximum Gasteiger partial charge on any atom is 0.340 e. The number of hydrogen-bond acceptors (Lipinski definition) is 6. The Balaban J connectivity index is 1.70. The van der Waals surface area contributed by atoms with Gasteiger partial charge in [-0.2, -0.15) is 0 Å². The lowest BCUT2D eigenvalue weighted by atomic mass is 10.1. The number of esters is 1. The van der Waals surface area contributed by atoms with Crippen LogP contribution < -0.4 is 9.47 Å². The number of nitrogens with zero attached hydrogens (tertiary/aromatic N) is 1. The zero-order valence-electron chi connectivity index (χ0n) is 16.5. The number of ketones is 1. The number of carbonyl (C=O) groups excluding carboxylic acids is 2. The summed E-state index contributed by atoms with van der Waals surface area (Å²) in [7, 11) is 2.98. The molecule has 2 aromatic carbocycles. The lowest BCUT2D eigenvalue weighted by molar-refractivity contribution is 0.0472. The third-order valence-corrected chi connectivity index (χ3v) is 4.42. The largest absolute Gasteiger partial charge is 0.497 e. The summed E-state index contributed by atoms with van der Waals surface area (Å²) in [5.41, 5.74) is 2.89. The Hall–Kier alpha value is -3.67. The Labute approximate surface area is 169 Å². The maximum absolute atomic E-state index is 12.5. The molecule has 0 fully saturated rings. The second-order valence-electron chi connectivity index (χ2n) is 6.26. The van der Waals surface area contributed by atoms with Gasteiger partial charge in [-0.05, 0) is 31.2 Å². The molecule has 6 nitrogen and oxygen atoms in total. The number of Topliss-reactive ketones (excluding diaryl/α,β-unsaturated/α-hetero) is 1. The normalized spacial score (nSPS) is 10.3. The molecule has 6 heteroatoms. The number of pyridine rings is 1. The summed E-state index contributed by atoms with van der Waals surface area (Å²) in [4.78, 5) is 29.4. The zero-order chi connectivity index (χ0) is 20.8. The average Bonchev–Trinajstić information content (AvgIpc) is 2.77. The molecule has 0 unspecified atom stereocenters. The molecule has 0 aliphatic carbocycles. The number of carbonyl (C=O) groups is 2. The van der Waals surface area contributed by atoms with Gasteiger partial charge in [-0.25, -0.2) is 4.79 Å². The average molecular weight is 391 g/mol. The maximum atomic E-state index is 12.5. The molecule has 0 atom stereocenters. The predicted octanol–water partition coefficient (Wildman–Crippen LogP) is 4.11. The molecule has 0 amide bonds. The summed E-state index contributed by atoms with van der Waals surface area (Å²) >= 11 is 0. The minimum absolute atomic E-state index is 0.315. The minimum Gasteiger partial charge on any atom is -0.497 e. The number of rotatable bonds is 7. The summed E-state index contributed by atoms with van der Waals surface area (Å²) in [5, 5.41) is 0. The number of benzene rings is 2. The van der Waals surface area contributed by atoms with Crippen LogP contribution in [0.5, 0.6) is 11.5 Å². The summed E-state index contributed by atoms with van der Waals surface area (Å²) in [6, 6.07) is 17.9. The molecular weight excluding hydrogens is 370 g/mol. The fraction of sp³-hybridized carbons (Fsp3) is 0.174. The Morgan fingerprint density at radius 1 is 0.897 bits per heavy atom. The van der Waals surface area contributed by atoms with Gasteiger partial charge >= 0.3 is 5.97 Å². The van der Waals surface area contributed by atoms with Gasteiger partial charge in [-0.1, -0.05) is 30.3 Å². The van der Waals surface area contributed by atoms with E-state index < -0.39 is 12.6 Å². The van der Waals surface area contributed by atoms with Crippen molar-refractivity contribution in [1.29, 1.82) is 0 Å². The molecule has 0 aliphatic rings. The molecule has 0 aliphatic heterocycles. The molecule has 1 aromatic heterocycles. The molecule has 0 saturated carbocycles. The van der Waals surface area contributed by atoms with Crippen LogP contribution in [-0.4, -0.2) is 37.6 Å². The standard InChI is InChI=1S/C23H21NO5/c1-15-18(11-12-20(24-15)16-7-5-4-6-8-16)23(26)29-14-21(25)19-10-9-17(27-2)13-22(19)28-3/h4-13H,14H2,1-3H3. The number of hydrogen-bond donors (Lipinski definition) is 0. The van der Waals surface area contributed by atoms with Crippen molar-refractivity contribution < 1.29 is 23.8 Å². The summed E-state index contributed by atoms with van der Waals surface area (Å²) < 4.78 is 15.6. The van der Waals surface area contributed by atoms with Crippen LogP contribution >= 0.6 is 0 Å². The van der Waals surface area contributed by atoms with Gasteiger partial charge in [-0.3, -0.25) is 9.78 Å². The topological polar surface area (TPSA) is 74.7 Å². The number of aryl methyl sites for hydroxylation is 1. The van der Waals surface area contributed by atoms with E-state index in [1.54, 1.807) is 37.3 Å². The highest BCUT2D eigenvalue weighted by molar-refractivity contribution is 6.01. The van der Waals surface area contributed by atoms with Gasteiger partial charge in [0, 0.05) is 11.6 Å². The Morgan fingerprint density at radius 2 is 1.62 bits per heavy atom. The van der Waals surface area contributed by atoms with Crippen LogP contribution in [0.25, 0.3) is 11.3 Å². The SMILES string of the molecule is COc1ccc(C(=O)COC(=O)c2ccc(-c3ccccc3)nc2C)c(OC)c1. The lowest BCUT2D eigenvalue weighted by Crippen LogP contribution is -2.16. The van der Waals surface area contributed by atoms with Crippen LogP contribution in [-0.2, 0) is 4.74 Å². The highest BCUT2D eigenvalue weighted by Crippen LogP contribution is 2.25. The van der Waals surface area contributed by atoms with Gasteiger partial charge in [-0.15, -0.1) is 0 Å². The molecular formula is C23H21NO5. The van der Waals surface area contributed by atoms with Crippen molar-refractivity contribution in [2.24, 2.45) is 0 Å². The fourth-order valence-electron chi connectivity index (χ4n) is 2.86. The fourth-order valence-corrected chi connectivity index (χ4v) is 2.86. The van der Waals surface area contributed by atoms with E-state index in [-0.39, 0.29) is 5.78 Å². The third kappa shape index (κ3) is 4.60. The van der Waals surface area contributed by atoms with Crippen LogP contribution in [0.1, 0.15) is 26.4 Å². The van der Waals surface area contributed by atoms with E-state index in [1.165, 1.54) is 14.2 Å². The quantitative estimate of drug-likeness (QED) is 0.446. The lowest BCUT2D eigenvalue weighted by Gasteiger charge is -2.11. The van der Waals surface area contributed by atoms with Crippen LogP contribution in [0.15, 0.2) is 60.7 Å². The highest BCUT2D eigenvalue weighted by atomic mass is 16.5. The molecule has 0 radical (unpaired) electrons. The molecule has 0 saturated heterocycles. The number of methoxy groups -OCH3 is 2. The first-order valence-electron chi connectivity index (χ1n) is 8.99. The van der Waals surface area contributed by atoms with Crippen LogP contribution in [0.4, 0.5) is 0 Å². The van der Waals surface area contributed by atoms with Crippen molar-refractivity contribution in [3.63, 3.8) is 0 Å². The van der Waals surface area contributed by atoms with Gasteiger partial charge in [0.25, 0.3) is 0 Å². The first-order valence-corrected chi connectivity index (χ1v) is 8.99. The zero-order valence-corrected chi connectivity index (χ0v) is 16.5. The minimum atomic E-state index is -0.601. The molecule has 29 heavy (non-hydrogen) atoms. The van der Waals surface area contributed by atoms with E-state index in [1.807, 2.05) is 30.3 Å². The van der Waals surface area contributed by atoms with Crippen molar-refractivity contribution >= 4 is 11.8 Å². The van der Waals surface area contributed by atoms with E-state index in [0.717, 1.165) is 11.3 Å². The van der Waals surface area contributed by atoms with Crippen LogP contribution in [0.3, 0.4) is 0 Å². The van der Waals surface area contributed by atoms with E-state index in [9.17, 15) is 9.59 Å². The second-order valence-corrected chi connectivity index (χ2v) is 6.26. The van der Waals surface area contributed by atoms with E-state index in [0.29, 0.717) is 28.3 Å². The van der Waals surface area contributed by atoms with Gasteiger partial charge in [0.15, 0.2) is 6.61 Å². The molecule has 1 heterocycles. The Morgan fingerprint density at radius 3 is 2.28 bits per heavy atom. The summed E-state index contributed by atoms with van der Waals surface area (Å²) in [6.07, 6.45) is 0. The summed E-state index contributed by atoms with van der Waals surface area (Å²) in [5.74, 6) is -0.0501. The summed E-state index contributed by atoms with van der Waals surface area (Å²) in [6.45, 7) is 1.33. The molecule has 148 valence electrons. The molecule has 0 bridgehead atoms. The monoisotopic (exact) mass is 391 g/mol. The highest BCUT2D eigenvalue weighted by Gasteiger charge is 2.18. The van der Waals surface area contributed by atoms with Gasteiger partial charge in [0.2, 0.25) is 5.78 Å². The third-order valence-electron chi connectivity index (χ3n) is 4.42. The van der Waals surface area contributed by atoms with Gasteiger partial charge in [0.05, 0.1) is 36.7 Å². The van der Waals surface area contributed by atoms with Crippen molar-refractivity contribution in [1.82, 2.24) is 4.98 Å². The van der Waals surface area contributed by atoms with Gasteiger partial charge < -0.3 is 14.2 Å². The van der Waals surface area contributed by atoms with Crippen LogP contribution in [0.2, 0.25) is 0 Å². The van der Waals surface area contributed by atoms with E-state index in [2.05, 4.69) is 4.98 Å². The molecule has 3 aromatic rings. The van der Waals surface area contributed by atoms with Crippen molar-refractivity contribution in [3.8, 4) is 22.8 Å². The van der Waals surface area contributed by atoms with Crippen molar-refractivity contribution in [2.45, 2.75) is 6.92 Å². The first-order chi connectivity index (χ1) is 14.0. The number of aromatic nitrogens is 1. The molecule has 0 N–H and O–H groups in total. The van der Waals surface area contributed by atoms with Gasteiger partial charge in [0.1, 0.15) is 11.5 Å². The van der Waals surface area contributed by atoms with Crippen LogP contribution in [0, 0.1) is 6.92 Å². The second kappa shape index (κ2) is 9.01.